The van der Waals surface area contributed by atoms with Crippen LogP contribution in [0.3, 0.4) is 0 Å². The first-order chi connectivity index (χ1) is 17.0. The number of amides is 1. The van der Waals surface area contributed by atoms with Gasteiger partial charge in [-0.1, -0.05) is 23.7 Å². The highest BCUT2D eigenvalue weighted by Gasteiger charge is 2.16. The topological polar surface area (TPSA) is 109 Å². The summed E-state index contributed by atoms with van der Waals surface area (Å²) in [7, 11) is 2.91. The van der Waals surface area contributed by atoms with Gasteiger partial charge in [0.2, 0.25) is 5.89 Å². The third-order valence-corrected chi connectivity index (χ3v) is 5.09. The molecule has 180 valence electrons. The number of anilines is 1. The molecule has 0 saturated carbocycles. The van der Waals surface area contributed by atoms with Crippen molar-refractivity contribution >= 4 is 40.3 Å². The summed E-state index contributed by atoms with van der Waals surface area (Å²) in [5, 5.41) is 3.12. The van der Waals surface area contributed by atoms with Crippen molar-refractivity contribution in [3.05, 3.63) is 77.1 Å². The molecule has 0 saturated heterocycles. The Labute approximate surface area is 205 Å². The number of halogens is 1. The predicted molar refractivity (Wildman–Crippen MR) is 128 cm³/mol. The lowest BCUT2D eigenvalue weighted by Gasteiger charge is -2.13. The fourth-order valence-corrected chi connectivity index (χ4v) is 3.39. The van der Waals surface area contributed by atoms with Gasteiger partial charge in [0, 0.05) is 5.02 Å². The SMILES string of the molecule is COc1ccc(Cl)cc1NC(=O)COc1ccc(C(=O)OCc2nc3ccccc3o2)cc1OC. The average Bonchev–Trinajstić information content (AvgIpc) is 3.29. The molecule has 0 aliphatic heterocycles. The maximum atomic E-state index is 12.5. The molecule has 1 amide bonds. The lowest BCUT2D eigenvalue weighted by atomic mass is 10.2. The van der Waals surface area contributed by atoms with Gasteiger partial charge in [-0.2, -0.15) is 0 Å². The van der Waals surface area contributed by atoms with Crippen molar-refractivity contribution in [1.29, 1.82) is 0 Å². The molecule has 1 aromatic heterocycles. The van der Waals surface area contributed by atoms with Gasteiger partial charge < -0.3 is 28.7 Å². The molecule has 0 aliphatic carbocycles. The molecule has 0 unspecified atom stereocenters. The highest BCUT2D eigenvalue weighted by molar-refractivity contribution is 6.31. The van der Waals surface area contributed by atoms with Gasteiger partial charge in [0.15, 0.2) is 30.3 Å². The summed E-state index contributed by atoms with van der Waals surface area (Å²) in [4.78, 5) is 29.1. The Hall–Kier alpha value is -4.24. The van der Waals surface area contributed by atoms with E-state index in [0.717, 1.165) is 0 Å². The van der Waals surface area contributed by atoms with Crippen LogP contribution in [0.15, 0.2) is 65.1 Å². The second-order valence-electron chi connectivity index (χ2n) is 7.20. The van der Waals surface area contributed by atoms with Gasteiger partial charge in [0.25, 0.3) is 5.91 Å². The van der Waals surface area contributed by atoms with E-state index in [-0.39, 0.29) is 36.2 Å². The van der Waals surface area contributed by atoms with Crippen molar-refractivity contribution in [3.8, 4) is 17.2 Å². The number of methoxy groups -OCH3 is 2. The number of ether oxygens (including phenoxy) is 4. The molecule has 0 aliphatic rings. The number of aromatic nitrogens is 1. The zero-order valence-corrected chi connectivity index (χ0v) is 19.6. The molecule has 3 aromatic carbocycles. The van der Waals surface area contributed by atoms with Crippen LogP contribution in [0.2, 0.25) is 5.02 Å². The highest BCUT2D eigenvalue weighted by atomic mass is 35.5. The van der Waals surface area contributed by atoms with Crippen LogP contribution in [-0.2, 0) is 16.1 Å². The number of hydrogen-bond acceptors (Lipinski definition) is 8. The minimum Gasteiger partial charge on any atom is -0.495 e. The standard InChI is InChI=1S/C25H21ClN2O7/c1-31-19-10-8-16(26)12-18(19)27-23(29)13-33-21-9-7-15(11-22(21)32-2)25(30)34-14-24-28-17-5-3-4-6-20(17)35-24/h3-12H,13-14H2,1-2H3,(H,27,29). The van der Waals surface area contributed by atoms with Crippen LogP contribution >= 0.6 is 11.6 Å². The largest absolute Gasteiger partial charge is 0.495 e. The van der Waals surface area contributed by atoms with E-state index in [2.05, 4.69) is 10.3 Å². The third-order valence-electron chi connectivity index (χ3n) is 4.86. The molecule has 0 radical (unpaired) electrons. The molecule has 10 heteroatoms. The minimum absolute atomic E-state index is 0.124. The summed E-state index contributed by atoms with van der Waals surface area (Å²) in [6.45, 7) is -0.436. The van der Waals surface area contributed by atoms with Crippen molar-refractivity contribution in [1.82, 2.24) is 4.98 Å². The molecule has 0 bridgehead atoms. The molecule has 0 atom stereocenters. The zero-order chi connectivity index (χ0) is 24.8. The Kier molecular flexibility index (Phi) is 7.37. The third kappa shape index (κ3) is 5.82. The van der Waals surface area contributed by atoms with Crippen LogP contribution in [0.25, 0.3) is 11.1 Å². The molecular formula is C25H21ClN2O7. The van der Waals surface area contributed by atoms with Crippen LogP contribution < -0.4 is 19.5 Å². The number of nitrogens with zero attached hydrogens (tertiary/aromatic N) is 1. The first-order valence-electron chi connectivity index (χ1n) is 10.4. The normalized spacial score (nSPS) is 10.6. The van der Waals surface area contributed by atoms with Crippen LogP contribution in [-0.4, -0.2) is 37.7 Å². The Morgan fingerprint density at radius 1 is 0.971 bits per heavy atom. The molecule has 4 aromatic rings. The van der Waals surface area contributed by atoms with E-state index in [4.69, 9.17) is 35.0 Å². The van der Waals surface area contributed by atoms with Gasteiger partial charge in [-0.3, -0.25) is 4.79 Å². The molecule has 35 heavy (non-hydrogen) atoms. The van der Waals surface area contributed by atoms with Crippen LogP contribution in [0.5, 0.6) is 17.2 Å². The van der Waals surface area contributed by atoms with Crippen molar-refractivity contribution < 1.29 is 33.0 Å². The van der Waals surface area contributed by atoms with E-state index in [0.29, 0.717) is 27.6 Å². The monoisotopic (exact) mass is 496 g/mol. The number of nitrogens with one attached hydrogen (secondary N) is 1. The lowest BCUT2D eigenvalue weighted by molar-refractivity contribution is -0.118. The number of carbonyl (C=O) groups is 2. The minimum atomic E-state index is -0.595. The maximum absolute atomic E-state index is 12.5. The van der Waals surface area contributed by atoms with Gasteiger partial charge in [-0.25, -0.2) is 9.78 Å². The summed E-state index contributed by atoms with van der Waals surface area (Å²) in [6.07, 6.45) is 0. The Morgan fingerprint density at radius 2 is 1.74 bits per heavy atom. The number of hydrogen-bond donors (Lipinski definition) is 1. The first kappa shape index (κ1) is 23.9. The fraction of sp³-hybridized carbons (Fsp3) is 0.160. The summed E-state index contributed by atoms with van der Waals surface area (Å²) in [5.41, 5.74) is 1.94. The Morgan fingerprint density at radius 3 is 2.51 bits per heavy atom. The van der Waals surface area contributed by atoms with Crippen molar-refractivity contribution in [2.24, 2.45) is 0 Å². The first-order valence-corrected chi connectivity index (χ1v) is 10.8. The summed E-state index contributed by atoms with van der Waals surface area (Å²) >= 11 is 5.98. The van der Waals surface area contributed by atoms with E-state index in [1.807, 2.05) is 12.1 Å². The second-order valence-corrected chi connectivity index (χ2v) is 7.63. The van der Waals surface area contributed by atoms with Crippen molar-refractivity contribution in [3.63, 3.8) is 0 Å². The van der Waals surface area contributed by atoms with Gasteiger partial charge in [0.1, 0.15) is 11.3 Å². The summed E-state index contributed by atoms with van der Waals surface area (Å²) < 4.78 is 26.9. The average molecular weight is 497 g/mol. The number of fused-ring (bicyclic) bond motifs is 1. The predicted octanol–water partition coefficient (Wildman–Crippen LogP) is 4.87. The lowest BCUT2D eigenvalue weighted by Crippen LogP contribution is -2.20. The fourth-order valence-electron chi connectivity index (χ4n) is 3.21. The Balaban J connectivity index is 1.36. The summed E-state index contributed by atoms with van der Waals surface area (Å²) in [5.74, 6) is 0.248. The second kappa shape index (κ2) is 10.8. The molecule has 0 spiro atoms. The zero-order valence-electron chi connectivity index (χ0n) is 18.9. The number of carbonyl (C=O) groups excluding carboxylic acids is 2. The van der Waals surface area contributed by atoms with Crippen molar-refractivity contribution in [2.75, 3.05) is 26.1 Å². The van der Waals surface area contributed by atoms with Gasteiger partial charge in [-0.05, 0) is 48.5 Å². The smallest absolute Gasteiger partial charge is 0.338 e. The molecular weight excluding hydrogens is 476 g/mol. The van der Waals surface area contributed by atoms with Gasteiger partial charge >= 0.3 is 5.97 Å². The molecule has 0 fully saturated rings. The van der Waals surface area contributed by atoms with Crippen LogP contribution in [0.4, 0.5) is 5.69 Å². The number of para-hydroxylation sites is 2. The van der Waals surface area contributed by atoms with E-state index in [9.17, 15) is 9.59 Å². The van der Waals surface area contributed by atoms with E-state index in [1.165, 1.54) is 32.4 Å². The number of rotatable bonds is 9. The van der Waals surface area contributed by atoms with Crippen LogP contribution in [0.1, 0.15) is 16.2 Å². The Bertz CT molecular complexity index is 1340. The quantitative estimate of drug-likeness (QED) is 0.327. The van der Waals surface area contributed by atoms with E-state index in [1.54, 1.807) is 30.3 Å². The molecule has 9 nitrogen and oxygen atoms in total. The molecule has 1 heterocycles. The van der Waals surface area contributed by atoms with E-state index >= 15 is 0 Å². The number of oxazole rings is 1. The molecule has 1 N–H and O–H groups in total. The summed E-state index contributed by atoms with van der Waals surface area (Å²) in [6, 6.07) is 16.6. The van der Waals surface area contributed by atoms with Gasteiger partial charge in [0.05, 0.1) is 25.5 Å². The van der Waals surface area contributed by atoms with Crippen molar-refractivity contribution in [2.45, 2.75) is 6.61 Å². The highest BCUT2D eigenvalue weighted by Crippen LogP contribution is 2.30. The van der Waals surface area contributed by atoms with Gasteiger partial charge in [-0.15, -0.1) is 0 Å². The molecule has 4 rings (SSSR count). The number of benzene rings is 3. The van der Waals surface area contributed by atoms with Crippen LogP contribution in [0, 0.1) is 0 Å². The van der Waals surface area contributed by atoms with E-state index < -0.39 is 11.9 Å². The number of esters is 1. The maximum Gasteiger partial charge on any atom is 0.338 e.